The van der Waals surface area contributed by atoms with Crippen LogP contribution in [0, 0.1) is 17.8 Å². The molecule has 2 aliphatic carbocycles. The van der Waals surface area contributed by atoms with Crippen LogP contribution < -0.4 is 0 Å². The van der Waals surface area contributed by atoms with Gasteiger partial charge in [-0.15, -0.1) is 0 Å². The van der Waals surface area contributed by atoms with Crippen LogP contribution in [0.5, 0.6) is 0 Å². The highest BCUT2D eigenvalue weighted by atomic mass is 28.1. The first-order valence-electron chi connectivity index (χ1n) is 6.42. The lowest BCUT2D eigenvalue weighted by molar-refractivity contribution is 0.254. The van der Waals surface area contributed by atoms with Crippen LogP contribution in [-0.2, 0) is 0 Å². The maximum absolute atomic E-state index is 1.59. The standard InChI is InChI=1S/C12H24Si/c13-9-12(10-5-1-2-6-10)11-7-3-4-8-11/h10-12H,1-9H2,13H3. The second-order valence-corrected chi connectivity index (χ2v) is 5.98. The van der Waals surface area contributed by atoms with E-state index in [9.17, 15) is 0 Å². The molecule has 0 N–H and O–H groups in total. The fourth-order valence-corrected chi connectivity index (χ4v) is 5.16. The summed E-state index contributed by atoms with van der Waals surface area (Å²) in [6.45, 7) is 0. The molecule has 1 heteroatoms. The highest BCUT2D eigenvalue weighted by molar-refractivity contribution is 6.08. The summed E-state index contributed by atoms with van der Waals surface area (Å²) in [5.74, 6) is 3.47. The highest BCUT2D eigenvalue weighted by Gasteiger charge is 2.31. The Bertz CT molecular complexity index is 127. The fraction of sp³-hybridized carbons (Fsp3) is 1.00. The average molecular weight is 196 g/mol. The molecular weight excluding hydrogens is 172 g/mol. The van der Waals surface area contributed by atoms with Crippen LogP contribution in [0.2, 0.25) is 6.04 Å². The Morgan fingerprint density at radius 3 is 1.54 bits per heavy atom. The van der Waals surface area contributed by atoms with Gasteiger partial charge in [-0.25, -0.2) is 0 Å². The minimum atomic E-state index is 1.15. The van der Waals surface area contributed by atoms with Crippen molar-refractivity contribution in [3.05, 3.63) is 0 Å². The number of hydrogen-bond donors (Lipinski definition) is 0. The molecule has 0 aromatic rings. The fourth-order valence-electron chi connectivity index (χ4n) is 3.82. The van der Waals surface area contributed by atoms with Crippen molar-refractivity contribution in [1.29, 1.82) is 0 Å². The van der Waals surface area contributed by atoms with E-state index in [-0.39, 0.29) is 0 Å². The van der Waals surface area contributed by atoms with Gasteiger partial charge in [-0.2, -0.15) is 0 Å². The van der Waals surface area contributed by atoms with Crippen molar-refractivity contribution < 1.29 is 0 Å². The third kappa shape index (κ3) is 2.17. The monoisotopic (exact) mass is 196 g/mol. The Hall–Kier alpha value is 0.217. The van der Waals surface area contributed by atoms with Gasteiger partial charge in [0.2, 0.25) is 0 Å². The Kier molecular flexibility index (Phi) is 3.48. The van der Waals surface area contributed by atoms with Crippen LogP contribution in [0.3, 0.4) is 0 Å². The first kappa shape index (κ1) is 9.76. The lowest BCUT2D eigenvalue weighted by atomic mass is 9.81. The molecule has 13 heavy (non-hydrogen) atoms. The average Bonchev–Trinajstić information content (AvgIpc) is 2.76. The van der Waals surface area contributed by atoms with Crippen LogP contribution in [0.4, 0.5) is 0 Å². The maximum Gasteiger partial charge on any atom is 0.00317 e. The molecule has 2 fully saturated rings. The summed E-state index contributed by atoms with van der Waals surface area (Å²) >= 11 is 0. The van der Waals surface area contributed by atoms with Crippen LogP contribution >= 0.6 is 0 Å². The summed E-state index contributed by atoms with van der Waals surface area (Å²) in [6.07, 6.45) is 12.4. The van der Waals surface area contributed by atoms with E-state index in [1.54, 1.807) is 31.7 Å². The van der Waals surface area contributed by atoms with Crippen molar-refractivity contribution in [2.75, 3.05) is 0 Å². The lowest BCUT2D eigenvalue weighted by Crippen LogP contribution is -2.19. The van der Waals surface area contributed by atoms with Crippen LogP contribution in [0.15, 0.2) is 0 Å². The molecule has 0 aromatic heterocycles. The Morgan fingerprint density at radius 1 is 0.846 bits per heavy atom. The predicted octanol–water partition coefficient (Wildman–Crippen LogP) is 2.77. The van der Waals surface area contributed by atoms with Crippen LogP contribution in [0.25, 0.3) is 0 Å². The smallest absolute Gasteiger partial charge is 0.00317 e. The maximum atomic E-state index is 1.59. The van der Waals surface area contributed by atoms with E-state index >= 15 is 0 Å². The zero-order valence-electron chi connectivity index (χ0n) is 9.10. The quantitative estimate of drug-likeness (QED) is 0.609. The topological polar surface area (TPSA) is 0 Å². The molecule has 2 saturated carbocycles. The molecule has 0 saturated heterocycles. The van der Waals surface area contributed by atoms with Gasteiger partial charge in [-0.05, 0) is 17.8 Å². The minimum Gasteiger partial charge on any atom is -0.0625 e. The van der Waals surface area contributed by atoms with E-state index in [1.807, 2.05) is 0 Å². The summed E-state index contributed by atoms with van der Waals surface area (Å²) in [4.78, 5) is 0. The molecule has 0 unspecified atom stereocenters. The molecule has 0 aromatic carbocycles. The zero-order chi connectivity index (χ0) is 9.10. The van der Waals surface area contributed by atoms with Crippen molar-refractivity contribution in [2.24, 2.45) is 17.8 Å². The molecule has 0 nitrogen and oxygen atoms in total. The molecular formula is C12H24Si. The summed E-state index contributed by atoms with van der Waals surface area (Å²) in [6, 6.07) is 1.59. The van der Waals surface area contributed by atoms with E-state index in [0.29, 0.717) is 0 Å². The van der Waals surface area contributed by atoms with Gasteiger partial charge < -0.3 is 0 Å². The molecule has 2 rings (SSSR count). The van der Waals surface area contributed by atoms with Crippen molar-refractivity contribution in [3.8, 4) is 0 Å². The highest BCUT2D eigenvalue weighted by Crippen LogP contribution is 2.42. The summed E-state index contributed by atoms with van der Waals surface area (Å²) in [5, 5.41) is 0. The lowest BCUT2D eigenvalue weighted by Gasteiger charge is -2.28. The SMILES string of the molecule is [SiH3]CC(C1CCCC1)C1CCCC1. The molecule has 2 aliphatic rings. The molecule has 0 spiro atoms. The van der Waals surface area contributed by atoms with Gasteiger partial charge in [-0.1, -0.05) is 57.4 Å². The Balaban J connectivity index is 1.90. The van der Waals surface area contributed by atoms with Crippen molar-refractivity contribution >= 4 is 10.2 Å². The summed E-state index contributed by atoms with van der Waals surface area (Å²) < 4.78 is 0. The van der Waals surface area contributed by atoms with Crippen molar-refractivity contribution in [2.45, 2.75) is 57.4 Å². The molecule has 0 aliphatic heterocycles. The second-order valence-electron chi connectivity index (χ2n) is 5.16. The third-order valence-electron chi connectivity index (χ3n) is 4.48. The van der Waals surface area contributed by atoms with Crippen LogP contribution in [-0.4, -0.2) is 10.2 Å². The van der Waals surface area contributed by atoms with Gasteiger partial charge in [0, 0.05) is 10.2 Å². The van der Waals surface area contributed by atoms with E-state index in [0.717, 1.165) is 17.8 Å². The van der Waals surface area contributed by atoms with E-state index in [1.165, 1.54) is 35.9 Å². The summed E-state index contributed by atoms with van der Waals surface area (Å²) in [7, 11) is 1.44. The van der Waals surface area contributed by atoms with Gasteiger partial charge in [-0.3, -0.25) is 0 Å². The van der Waals surface area contributed by atoms with Gasteiger partial charge in [0.05, 0.1) is 0 Å². The normalized spacial score (nSPS) is 26.5. The molecule has 0 bridgehead atoms. The summed E-state index contributed by atoms with van der Waals surface area (Å²) in [5.41, 5.74) is 0. The van der Waals surface area contributed by atoms with E-state index in [4.69, 9.17) is 0 Å². The van der Waals surface area contributed by atoms with Crippen molar-refractivity contribution in [3.63, 3.8) is 0 Å². The minimum absolute atomic E-state index is 1.15. The van der Waals surface area contributed by atoms with Gasteiger partial charge in [0.25, 0.3) is 0 Å². The molecule has 0 amide bonds. The Labute approximate surface area is 85.9 Å². The molecule has 76 valence electrons. The van der Waals surface area contributed by atoms with Gasteiger partial charge in [0.15, 0.2) is 0 Å². The molecule has 0 radical (unpaired) electrons. The zero-order valence-corrected chi connectivity index (χ0v) is 11.1. The largest absolute Gasteiger partial charge is 0.0625 e. The van der Waals surface area contributed by atoms with E-state index < -0.39 is 0 Å². The number of rotatable bonds is 3. The first-order chi connectivity index (χ1) is 6.42. The number of hydrogen-bond acceptors (Lipinski definition) is 0. The Morgan fingerprint density at radius 2 is 1.23 bits per heavy atom. The predicted molar refractivity (Wildman–Crippen MR) is 62.2 cm³/mol. The van der Waals surface area contributed by atoms with Gasteiger partial charge >= 0.3 is 0 Å². The van der Waals surface area contributed by atoms with Crippen molar-refractivity contribution in [1.82, 2.24) is 0 Å². The van der Waals surface area contributed by atoms with Gasteiger partial charge in [0.1, 0.15) is 0 Å². The molecule has 0 atom stereocenters. The third-order valence-corrected chi connectivity index (χ3v) is 5.42. The van der Waals surface area contributed by atoms with Crippen LogP contribution in [0.1, 0.15) is 51.4 Å². The van der Waals surface area contributed by atoms with E-state index in [2.05, 4.69) is 0 Å². The first-order valence-corrected chi connectivity index (χ1v) is 7.83. The molecule has 0 heterocycles. The second kappa shape index (κ2) is 4.63.